The van der Waals surface area contributed by atoms with E-state index in [2.05, 4.69) is 9.98 Å². The van der Waals surface area contributed by atoms with Crippen LogP contribution in [0.2, 0.25) is 0 Å². The lowest BCUT2D eigenvalue weighted by Gasteiger charge is -2.29. The Hall–Kier alpha value is -3.23. The molecule has 160 valence electrons. The molecule has 0 spiro atoms. The minimum Gasteiger partial charge on any atom is -0.479 e. The first-order valence-electron chi connectivity index (χ1n) is 10.1. The van der Waals surface area contributed by atoms with Gasteiger partial charge in [-0.3, -0.25) is 9.79 Å². The summed E-state index contributed by atoms with van der Waals surface area (Å²) in [5.41, 5.74) is 1.36. The minimum absolute atomic E-state index is 0.172. The van der Waals surface area contributed by atoms with Crippen molar-refractivity contribution in [3.05, 3.63) is 48.2 Å². The number of benzene rings is 2. The topological polar surface area (TPSA) is 103 Å². The van der Waals surface area contributed by atoms with Gasteiger partial charge in [-0.15, -0.1) is 0 Å². The summed E-state index contributed by atoms with van der Waals surface area (Å²) in [4.78, 5) is 20.6. The fourth-order valence-corrected chi connectivity index (χ4v) is 4.19. The zero-order chi connectivity index (χ0) is 21.8. The van der Waals surface area contributed by atoms with E-state index in [9.17, 15) is 9.90 Å². The third-order valence-corrected chi connectivity index (χ3v) is 5.40. The maximum absolute atomic E-state index is 11.5. The summed E-state index contributed by atoms with van der Waals surface area (Å²) in [7, 11) is 0. The molecule has 0 unspecified atom stereocenters. The van der Waals surface area contributed by atoms with Crippen molar-refractivity contribution in [1.29, 1.82) is 0 Å². The van der Waals surface area contributed by atoms with Crippen LogP contribution in [-0.2, 0) is 19.0 Å². The van der Waals surface area contributed by atoms with Crippen LogP contribution in [0.5, 0.6) is 5.95 Å². The van der Waals surface area contributed by atoms with Crippen LogP contribution < -0.4 is 0 Å². The predicted octanol–water partition coefficient (Wildman–Crippen LogP) is 3.45. The van der Waals surface area contributed by atoms with Crippen LogP contribution in [0.4, 0.5) is 0 Å². The molecule has 0 saturated carbocycles. The standard InChI is InChI=1S/C23H22N2O6/c1-12(26)28-16-11-24-17(20-19(16)30-23(2,3)31-20)18-22(27)29-21(25-18)15-10-6-8-13-7-4-5-9-14(13)15/h4-10,16,19-20,27H,11H2,1-3H3/t16-,19+,20-/m1/s1. The lowest BCUT2D eigenvalue weighted by Crippen LogP contribution is -2.48. The molecule has 0 aliphatic carbocycles. The lowest BCUT2D eigenvalue weighted by molar-refractivity contribution is -0.167. The number of nitrogens with zero attached hydrogens (tertiary/aromatic N) is 2. The van der Waals surface area contributed by atoms with Crippen molar-refractivity contribution in [2.75, 3.05) is 6.54 Å². The molecular formula is C23H22N2O6. The van der Waals surface area contributed by atoms with Gasteiger partial charge in [-0.2, -0.15) is 0 Å². The highest BCUT2D eigenvalue weighted by molar-refractivity contribution is 6.05. The third kappa shape index (κ3) is 3.47. The minimum atomic E-state index is -0.906. The van der Waals surface area contributed by atoms with Crippen molar-refractivity contribution in [2.45, 2.75) is 44.9 Å². The average Bonchev–Trinajstić information content (AvgIpc) is 3.26. The normalized spacial score (nSPS) is 24.6. The maximum atomic E-state index is 11.5. The van der Waals surface area contributed by atoms with Gasteiger partial charge in [0.1, 0.15) is 12.2 Å². The number of hydrogen-bond donors (Lipinski definition) is 1. The fraction of sp³-hybridized carbons (Fsp3) is 0.348. The summed E-state index contributed by atoms with van der Waals surface area (Å²) < 4.78 is 23.0. The van der Waals surface area contributed by atoms with Gasteiger partial charge in [0.15, 0.2) is 17.6 Å². The van der Waals surface area contributed by atoms with E-state index in [-0.39, 0.29) is 24.1 Å². The van der Waals surface area contributed by atoms with Gasteiger partial charge in [0, 0.05) is 12.5 Å². The van der Waals surface area contributed by atoms with Crippen LogP contribution in [0, 0.1) is 0 Å². The molecule has 2 aliphatic heterocycles. The Morgan fingerprint density at radius 2 is 1.94 bits per heavy atom. The summed E-state index contributed by atoms with van der Waals surface area (Å²) >= 11 is 0. The number of ether oxygens (including phenoxy) is 3. The van der Waals surface area contributed by atoms with Crippen LogP contribution in [0.1, 0.15) is 26.5 Å². The molecule has 1 aromatic heterocycles. The summed E-state index contributed by atoms with van der Waals surface area (Å²) in [6.45, 7) is 5.07. The summed E-state index contributed by atoms with van der Waals surface area (Å²) in [6.07, 6.45) is -1.81. The molecule has 0 radical (unpaired) electrons. The van der Waals surface area contributed by atoms with Gasteiger partial charge in [0.25, 0.3) is 0 Å². The van der Waals surface area contributed by atoms with Gasteiger partial charge in [0.2, 0.25) is 5.89 Å². The molecule has 1 fully saturated rings. The first kappa shape index (κ1) is 19.7. The van der Waals surface area contributed by atoms with Crippen molar-refractivity contribution in [2.24, 2.45) is 4.99 Å². The van der Waals surface area contributed by atoms with E-state index in [4.69, 9.17) is 18.6 Å². The molecule has 1 N–H and O–H groups in total. The Labute approximate surface area is 178 Å². The van der Waals surface area contributed by atoms with Gasteiger partial charge >= 0.3 is 11.9 Å². The lowest BCUT2D eigenvalue weighted by atomic mass is 9.98. The number of carbonyl (C=O) groups excluding carboxylic acids is 1. The SMILES string of the molecule is CC(=O)O[C@@H]1CN=C(c2nc(-c3cccc4ccccc34)oc2O)[C@H]2OC(C)(C)O[C@H]21. The molecule has 8 nitrogen and oxygen atoms in total. The summed E-state index contributed by atoms with van der Waals surface area (Å²) in [5.74, 6) is -1.39. The quantitative estimate of drug-likeness (QED) is 0.645. The number of aromatic hydroxyl groups is 1. The van der Waals surface area contributed by atoms with Crippen molar-refractivity contribution >= 4 is 22.5 Å². The zero-order valence-electron chi connectivity index (χ0n) is 17.4. The van der Waals surface area contributed by atoms with Gasteiger partial charge in [-0.25, -0.2) is 4.98 Å². The largest absolute Gasteiger partial charge is 0.479 e. The van der Waals surface area contributed by atoms with Crippen molar-refractivity contribution in [3.63, 3.8) is 0 Å². The molecule has 3 atom stereocenters. The van der Waals surface area contributed by atoms with Crippen LogP contribution >= 0.6 is 0 Å². The second-order valence-corrected chi connectivity index (χ2v) is 8.09. The molecule has 1 saturated heterocycles. The first-order chi connectivity index (χ1) is 14.8. The Balaban J connectivity index is 1.56. The maximum Gasteiger partial charge on any atom is 0.312 e. The highest BCUT2D eigenvalue weighted by Gasteiger charge is 2.52. The van der Waals surface area contributed by atoms with Gasteiger partial charge in [-0.05, 0) is 30.7 Å². The van der Waals surface area contributed by atoms with E-state index in [1.54, 1.807) is 13.8 Å². The molecule has 2 aromatic carbocycles. The van der Waals surface area contributed by atoms with Crippen molar-refractivity contribution in [1.82, 2.24) is 4.98 Å². The third-order valence-electron chi connectivity index (χ3n) is 5.40. The second kappa shape index (κ2) is 7.18. The number of fused-ring (bicyclic) bond motifs is 2. The smallest absolute Gasteiger partial charge is 0.312 e. The number of esters is 1. The Kier molecular flexibility index (Phi) is 4.56. The predicted molar refractivity (Wildman–Crippen MR) is 112 cm³/mol. The van der Waals surface area contributed by atoms with E-state index >= 15 is 0 Å². The molecule has 31 heavy (non-hydrogen) atoms. The van der Waals surface area contributed by atoms with E-state index in [0.717, 1.165) is 16.3 Å². The van der Waals surface area contributed by atoms with Gasteiger partial charge in [0.05, 0.1) is 12.3 Å². The Morgan fingerprint density at radius 3 is 2.74 bits per heavy atom. The number of carbonyl (C=O) groups is 1. The first-order valence-corrected chi connectivity index (χ1v) is 10.1. The van der Waals surface area contributed by atoms with Crippen LogP contribution in [-0.4, -0.2) is 52.4 Å². The Morgan fingerprint density at radius 1 is 1.16 bits per heavy atom. The number of aromatic nitrogens is 1. The highest BCUT2D eigenvalue weighted by atomic mass is 16.8. The molecule has 5 rings (SSSR count). The van der Waals surface area contributed by atoms with E-state index < -0.39 is 30.1 Å². The van der Waals surface area contributed by atoms with Crippen molar-refractivity contribution < 1.29 is 28.5 Å². The second-order valence-electron chi connectivity index (χ2n) is 8.09. The van der Waals surface area contributed by atoms with Crippen LogP contribution in [0.3, 0.4) is 0 Å². The monoisotopic (exact) mass is 422 g/mol. The molecule has 3 aromatic rings. The van der Waals surface area contributed by atoms with Crippen molar-refractivity contribution in [3.8, 4) is 17.4 Å². The molecule has 0 amide bonds. The van der Waals surface area contributed by atoms with Gasteiger partial charge < -0.3 is 23.7 Å². The molecule has 8 heteroatoms. The summed E-state index contributed by atoms with van der Waals surface area (Å²) in [6, 6.07) is 13.7. The molecule has 3 heterocycles. The average molecular weight is 422 g/mol. The number of oxazole rings is 1. The highest BCUT2D eigenvalue weighted by Crippen LogP contribution is 2.38. The molecular weight excluding hydrogens is 400 g/mol. The van der Waals surface area contributed by atoms with Gasteiger partial charge in [-0.1, -0.05) is 36.4 Å². The molecule has 2 aliphatic rings. The number of rotatable bonds is 3. The summed E-state index contributed by atoms with van der Waals surface area (Å²) in [5, 5.41) is 12.6. The number of hydrogen-bond acceptors (Lipinski definition) is 8. The van der Waals surface area contributed by atoms with E-state index in [1.165, 1.54) is 6.92 Å². The Bertz CT molecular complexity index is 1190. The van der Waals surface area contributed by atoms with Crippen LogP contribution in [0.25, 0.3) is 22.2 Å². The zero-order valence-corrected chi connectivity index (χ0v) is 17.4. The van der Waals surface area contributed by atoms with E-state index in [0.29, 0.717) is 5.71 Å². The van der Waals surface area contributed by atoms with E-state index in [1.807, 2.05) is 42.5 Å². The fourth-order valence-electron chi connectivity index (χ4n) is 4.19. The number of aliphatic imine (C=N–C) groups is 1. The van der Waals surface area contributed by atoms with Crippen LogP contribution in [0.15, 0.2) is 51.9 Å². The molecule has 0 bridgehead atoms.